The van der Waals surface area contributed by atoms with Crippen molar-refractivity contribution >= 4 is 28.6 Å². The molecule has 0 aliphatic carbocycles. The summed E-state index contributed by atoms with van der Waals surface area (Å²) in [5, 5.41) is 0.853. The van der Waals surface area contributed by atoms with Gasteiger partial charge >= 0.3 is 0 Å². The Morgan fingerprint density at radius 2 is 1.91 bits per heavy atom. The van der Waals surface area contributed by atoms with Crippen molar-refractivity contribution in [2.45, 2.75) is 37.9 Å². The summed E-state index contributed by atoms with van der Waals surface area (Å²) in [7, 11) is 0. The van der Waals surface area contributed by atoms with Crippen LogP contribution in [0.15, 0.2) is 36.1 Å². The molecule has 3 aromatic rings. The van der Waals surface area contributed by atoms with Crippen LogP contribution in [-0.2, 0) is 6.54 Å². The van der Waals surface area contributed by atoms with Crippen LogP contribution in [-0.4, -0.2) is 30.3 Å². The number of fused-ring (bicyclic) bond motifs is 1. The van der Waals surface area contributed by atoms with E-state index < -0.39 is 0 Å². The Morgan fingerprint density at radius 3 is 2.74 bits per heavy atom. The van der Waals surface area contributed by atoms with Crippen molar-refractivity contribution in [1.29, 1.82) is 0 Å². The monoisotopic (exact) mass is 328 g/mol. The zero-order valence-electron chi connectivity index (χ0n) is 13.1. The first-order valence-electron chi connectivity index (χ1n) is 7.71. The topological polar surface area (TPSA) is 82.5 Å². The van der Waals surface area contributed by atoms with Gasteiger partial charge in [-0.3, -0.25) is 0 Å². The summed E-state index contributed by atoms with van der Waals surface area (Å²) in [5.74, 6) is 1.55. The molecule has 0 fully saturated rings. The molecule has 0 atom stereocenters. The Kier molecular flexibility index (Phi) is 5.07. The number of pyridine rings is 1. The summed E-state index contributed by atoms with van der Waals surface area (Å²) in [4.78, 5) is 17.0. The molecule has 3 heterocycles. The Hall–Kier alpha value is -2.15. The molecule has 6 nitrogen and oxygen atoms in total. The van der Waals surface area contributed by atoms with Gasteiger partial charge in [-0.1, -0.05) is 18.2 Å². The molecular weight excluding hydrogens is 308 g/mol. The molecule has 0 unspecified atom stereocenters. The third-order valence-electron chi connectivity index (χ3n) is 3.67. The van der Waals surface area contributed by atoms with Crippen LogP contribution in [0.2, 0.25) is 0 Å². The Balaban J connectivity index is 1.47. The molecular formula is C16H20N6S. The van der Waals surface area contributed by atoms with Gasteiger partial charge in [0, 0.05) is 30.9 Å². The van der Waals surface area contributed by atoms with E-state index in [2.05, 4.69) is 24.5 Å². The van der Waals surface area contributed by atoms with Gasteiger partial charge in [0.2, 0.25) is 0 Å². The zero-order valence-corrected chi connectivity index (χ0v) is 14.0. The van der Waals surface area contributed by atoms with Gasteiger partial charge in [-0.25, -0.2) is 19.9 Å². The number of anilines is 1. The van der Waals surface area contributed by atoms with E-state index in [9.17, 15) is 0 Å². The minimum Gasteiger partial charge on any atom is -0.382 e. The van der Waals surface area contributed by atoms with E-state index in [0.29, 0.717) is 5.82 Å². The van der Waals surface area contributed by atoms with Crippen molar-refractivity contribution < 1.29 is 0 Å². The molecule has 3 rings (SSSR count). The van der Waals surface area contributed by atoms with Crippen LogP contribution in [0, 0.1) is 6.92 Å². The molecule has 0 aliphatic rings. The number of aromatic nitrogens is 5. The number of nitrogen functional groups attached to an aromatic ring is 1. The normalized spacial score (nSPS) is 11.2. The zero-order chi connectivity index (χ0) is 16.1. The average Bonchev–Trinajstić information content (AvgIpc) is 3.00. The molecule has 0 radical (unpaired) electrons. The van der Waals surface area contributed by atoms with Crippen molar-refractivity contribution in [2.24, 2.45) is 0 Å². The molecule has 0 saturated heterocycles. The van der Waals surface area contributed by atoms with E-state index in [1.54, 1.807) is 24.2 Å². The first kappa shape index (κ1) is 15.7. The number of nitrogens with zero attached hydrogens (tertiary/aromatic N) is 5. The molecule has 3 aromatic heterocycles. The van der Waals surface area contributed by atoms with Gasteiger partial charge < -0.3 is 10.3 Å². The van der Waals surface area contributed by atoms with Gasteiger partial charge in [0.05, 0.1) is 11.8 Å². The third kappa shape index (κ3) is 3.79. The molecule has 0 bridgehead atoms. The van der Waals surface area contributed by atoms with E-state index in [4.69, 9.17) is 5.73 Å². The molecule has 120 valence electrons. The van der Waals surface area contributed by atoms with Crippen LogP contribution >= 0.6 is 11.8 Å². The van der Waals surface area contributed by atoms with Gasteiger partial charge in [0.15, 0.2) is 11.0 Å². The fourth-order valence-electron chi connectivity index (χ4n) is 2.53. The summed E-state index contributed by atoms with van der Waals surface area (Å²) in [6.45, 7) is 3.00. The number of aryl methyl sites for hydroxylation is 2. The lowest BCUT2D eigenvalue weighted by molar-refractivity contribution is 0.614. The number of nitrogens with two attached hydrogens (primary N) is 1. The molecule has 0 aromatic carbocycles. The predicted octanol–water partition coefficient (Wildman–Crippen LogP) is 3.07. The Bertz CT molecular complexity index is 771. The highest BCUT2D eigenvalue weighted by atomic mass is 32.2. The minimum absolute atomic E-state index is 0.503. The molecule has 7 heteroatoms. The lowest BCUT2D eigenvalue weighted by Crippen LogP contribution is -1.99. The number of thioether (sulfide) groups is 1. The summed E-state index contributed by atoms with van der Waals surface area (Å²) >= 11 is 1.71. The van der Waals surface area contributed by atoms with Gasteiger partial charge in [-0.15, -0.1) is 0 Å². The van der Waals surface area contributed by atoms with Crippen molar-refractivity contribution in [1.82, 2.24) is 24.5 Å². The van der Waals surface area contributed by atoms with E-state index in [-0.39, 0.29) is 0 Å². The molecule has 0 amide bonds. The second-order valence-electron chi connectivity index (χ2n) is 5.40. The van der Waals surface area contributed by atoms with Gasteiger partial charge in [0.25, 0.3) is 0 Å². The molecule has 0 spiro atoms. The molecule has 0 saturated carbocycles. The number of hydrogen-bond donors (Lipinski definition) is 1. The lowest BCUT2D eigenvalue weighted by atomic mass is 10.2. The van der Waals surface area contributed by atoms with Crippen LogP contribution in [0.1, 0.15) is 24.8 Å². The van der Waals surface area contributed by atoms with Crippen molar-refractivity contribution in [2.75, 3.05) is 11.5 Å². The van der Waals surface area contributed by atoms with Crippen LogP contribution in [0.5, 0.6) is 0 Å². The van der Waals surface area contributed by atoms with Gasteiger partial charge in [-0.2, -0.15) is 0 Å². The standard InChI is InChI=1S/C16H20N6S/c1-12-10-20-15(17)13-14(12)22(11-21-13)8-3-2-4-9-23-16-18-6-5-7-19-16/h5-7,10-11H,2-4,8-9H2,1H3,(H2,17,20). The van der Waals surface area contributed by atoms with Gasteiger partial charge in [-0.05, 0) is 31.4 Å². The Morgan fingerprint density at radius 1 is 1.09 bits per heavy atom. The number of hydrogen-bond acceptors (Lipinski definition) is 6. The average molecular weight is 328 g/mol. The first-order valence-corrected chi connectivity index (χ1v) is 8.70. The maximum atomic E-state index is 5.89. The Labute approximate surface area is 139 Å². The molecule has 23 heavy (non-hydrogen) atoms. The number of rotatable bonds is 7. The largest absolute Gasteiger partial charge is 0.382 e. The SMILES string of the molecule is Cc1cnc(N)c2ncn(CCCCCSc3ncccn3)c12. The maximum Gasteiger partial charge on any atom is 0.187 e. The molecule has 2 N–H and O–H groups in total. The van der Waals surface area contributed by atoms with Crippen LogP contribution in [0.25, 0.3) is 11.0 Å². The lowest BCUT2D eigenvalue weighted by Gasteiger charge is -2.06. The third-order valence-corrected chi connectivity index (χ3v) is 4.63. The summed E-state index contributed by atoms with van der Waals surface area (Å²) in [6, 6.07) is 1.84. The van der Waals surface area contributed by atoms with Crippen molar-refractivity contribution in [3.63, 3.8) is 0 Å². The predicted molar refractivity (Wildman–Crippen MR) is 93.3 cm³/mol. The van der Waals surface area contributed by atoms with Crippen molar-refractivity contribution in [3.8, 4) is 0 Å². The van der Waals surface area contributed by atoms with Crippen LogP contribution in [0.3, 0.4) is 0 Å². The highest BCUT2D eigenvalue weighted by Gasteiger charge is 2.09. The number of unbranched alkanes of at least 4 members (excludes halogenated alkanes) is 2. The van der Waals surface area contributed by atoms with Crippen LogP contribution < -0.4 is 5.73 Å². The highest BCUT2D eigenvalue weighted by Crippen LogP contribution is 2.21. The summed E-state index contributed by atoms with van der Waals surface area (Å²) in [6.07, 6.45) is 10.7. The summed E-state index contributed by atoms with van der Waals surface area (Å²) < 4.78 is 2.18. The maximum absolute atomic E-state index is 5.89. The fraction of sp³-hybridized carbons (Fsp3) is 0.375. The van der Waals surface area contributed by atoms with E-state index in [1.165, 1.54) is 6.42 Å². The highest BCUT2D eigenvalue weighted by molar-refractivity contribution is 7.99. The van der Waals surface area contributed by atoms with E-state index >= 15 is 0 Å². The first-order chi connectivity index (χ1) is 11.3. The van der Waals surface area contributed by atoms with E-state index in [1.807, 2.05) is 25.5 Å². The fourth-order valence-corrected chi connectivity index (χ4v) is 3.33. The minimum atomic E-state index is 0.503. The summed E-state index contributed by atoms with van der Waals surface area (Å²) in [5.41, 5.74) is 8.91. The van der Waals surface area contributed by atoms with E-state index in [0.717, 1.165) is 46.9 Å². The quantitative estimate of drug-likeness (QED) is 0.408. The van der Waals surface area contributed by atoms with Crippen molar-refractivity contribution in [3.05, 3.63) is 36.5 Å². The smallest absolute Gasteiger partial charge is 0.187 e. The second-order valence-corrected chi connectivity index (χ2v) is 6.46. The molecule has 0 aliphatic heterocycles. The van der Waals surface area contributed by atoms with Gasteiger partial charge in [0.1, 0.15) is 5.52 Å². The van der Waals surface area contributed by atoms with Crippen LogP contribution in [0.4, 0.5) is 5.82 Å². The second kappa shape index (κ2) is 7.41. The number of imidazole rings is 1.